The number of carboxylic acid groups (broad SMARTS) is 1. The van der Waals surface area contributed by atoms with Crippen molar-refractivity contribution in [3.8, 4) is 16.9 Å². The quantitative estimate of drug-likeness (QED) is 0.525. The van der Waals surface area contributed by atoms with Gasteiger partial charge in [0.15, 0.2) is 0 Å². The fourth-order valence-corrected chi connectivity index (χ4v) is 3.67. The number of benzene rings is 2. The predicted molar refractivity (Wildman–Crippen MR) is 109 cm³/mol. The summed E-state index contributed by atoms with van der Waals surface area (Å²) in [6, 6.07) is 12.7. The number of aliphatic carboxylic acids is 1. The van der Waals surface area contributed by atoms with E-state index in [9.17, 15) is 14.3 Å². The number of carboxylic acids is 1. The minimum atomic E-state index is -0.979. The molecule has 1 aliphatic rings. The number of hydrogen-bond donors (Lipinski definition) is 1. The van der Waals surface area contributed by atoms with Crippen molar-refractivity contribution in [3.63, 3.8) is 0 Å². The van der Waals surface area contributed by atoms with Crippen molar-refractivity contribution >= 4 is 5.97 Å². The first kappa shape index (κ1) is 20.4. The van der Waals surface area contributed by atoms with Crippen molar-refractivity contribution < 1.29 is 19.0 Å². The van der Waals surface area contributed by atoms with Crippen LogP contribution >= 0.6 is 0 Å². The summed E-state index contributed by atoms with van der Waals surface area (Å²) in [5.41, 5.74) is 1.90. The Bertz CT molecular complexity index is 799. The topological polar surface area (TPSA) is 46.5 Å². The summed E-state index contributed by atoms with van der Waals surface area (Å²) in [6.07, 6.45) is 4.64. The lowest BCUT2D eigenvalue weighted by Gasteiger charge is -2.20. The van der Waals surface area contributed by atoms with Crippen LogP contribution in [0.1, 0.15) is 57.4 Å². The SMILES string of the molecule is CCCC(C)CC(C(=O)O)c1cc(-c2ccccc2)c(OCC2CC2)cc1F. The van der Waals surface area contributed by atoms with Gasteiger partial charge in [0, 0.05) is 17.2 Å². The summed E-state index contributed by atoms with van der Waals surface area (Å²) < 4.78 is 20.9. The summed E-state index contributed by atoms with van der Waals surface area (Å²) in [5, 5.41) is 9.79. The van der Waals surface area contributed by atoms with Gasteiger partial charge in [0.2, 0.25) is 0 Å². The van der Waals surface area contributed by atoms with Gasteiger partial charge < -0.3 is 9.84 Å². The van der Waals surface area contributed by atoms with Gasteiger partial charge in [-0.3, -0.25) is 4.79 Å². The molecule has 0 radical (unpaired) electrons. The van der Waals surface area contributed by atoms with Gasteiger partial charge in [-0.15, -0.1) is 0 Å². The summed E-state index contributed by atoms with van der Waals surface area (Å²) in [5.74, 6) is -1.08. The van der Waals surface area contributed by atoms with Crippen LogP contribution in [0.5, 0.6) is 5.75 Å². The van der Waals surface area contributed by atoms with Gasteiger partial charge in [-0.2, -0.15) is 0 Å². The number of ether oxygens (including phenoxy) is 1. The summed E-state index contributed by atoms with van der Waals surface area (Å²) in [4.78, 5) is 12.0. The van der Waals surface area contributed by atoms with E-state index in [1.165, 1.54) is 6.07 Å². The number of hydrogen-bond acceptors (Lipinski definition) is 2. The predicted octanol–water partition coefficient (Wildman–Crippen LogP) is 6.28. The van der Waals surface area contributed by atoms with Crippen LogP contribution in [0.25, 0.3) is 11.1 Å². The Morgan fingerprint density at radius 3 is 2.57 bits per heavy atom. The van der Waals surface area contributed by atoms with Gasteiger partial charge in [-0.25, -0.2) is 4.39 Å². The zero-order valence-electron chi connectivity index (χ0n) is 16.7. The molecule has 1 saturated carbocycles. The van der Waals surface area contributed by atoms with Crippen LogP contribution in [-0.2, 0) is 4.79 Å². The van der Waals surface area contributed by atoms with Crippen molar-refractivity contribution in [1.29, 1.82) is 0 Å². The average molecular weight is 384 g/mol. The van der Waals surface area contributed by atoms with E-state index in [0.717, 1.165) is 36.8 Å². The molecule has 0 aromatic heterocycles. The van der Waals surface area contributed by atoms with Crippen LogP contribution in [0, 0.1) is 17.7 Å². The fourth-order valence-electron chi connectivity index (χ4n) is 3.67. The minimum Gasteiger partial charge on any atom is -0.493 e. The molecule has 2 aromatic carbocycles. The molecule has 2 aromatic rings. The molecule has 150 valence electrons. The Balaban J connectivity index is 1.99. The third-order valence-electron chi connectivity index (χ3n) is 5.45. The smallest absolute Gasteiger partial charge is 0.311 e. The lowest BCUT2D eigenvalue weighted by atomic mass is 9.86. The molecular weight excluding hydrogens is 355 g/mol. The van der Waals surface area contributed by atoms with Crippen molar-refractivity contribution in [2.45, 2.75) is 51.9 Å². The molecule has 1 N–H and O–H groups in total. The molecule has 0 amide bonds. The van der Waals surface area contributed by atoms with E-state index in [1.54, 1.807) is 6.07 Å². The van der Waals surface area contributed by atoms with Crippen molar-refractivity contribution in [3.05, 3.63) is 53.8 Å². The van der Waals surface area contributed by atoms with Crippen LogP contribution in [0.2, 0.25) is 0 Å². The first-order chi connectivity index (χ1) is 13.5. The second-order valence-electron chi connectivity index (χ2n) is 8.01. The molecule has 1 aliphatic carbocycles. The first-order valence-electron chi connectivity index (χ1n) is 10.2. The summed E-state index contributed by atoms with van der Waals surface area (Å²) >= 11 is 0. The molecule has 2 atom stereocenters. The van der Waals surface area contributed by atoms with E-state index in [-0.39, 0.29) is 11.5 Å². The van der Waals surface area contributed by atoms with Gasteiger partial charge >= 0.3 is 5.97 Å². The van der Waals surface area contributed by atoms with E-state index >= 15 is 0 Å². The number of carbonyl (C=O) groups is 1. The Kier molecular flexibility index (Phi) is 6.71. The molecule has 0 bridgehead atoms. The fraction of sp³-hybridized carbons (Fsp3) is 0.458. The molecule has 3 rings (SSSR count). The normalized spacial score (nSPS) is 15.8. The zero-order valence-corrected chi connectivity index (χ0v) is 16.7. The van der Waals surface area contributed by atoms with E-state index in [2.05, 4.69) is 6.92 Å². The summed E-state index contributed by atoms with van der Waals surface area (Å²) in [7, 11) is 0. The molecular formula is C24H29FO3. The summed E-state index contributed by atoms with van der Waals surface area (Å²) in [6.45, 7) is 4.68. The second-order valence-corrected chi connectivity index (χ2v) is 8.01. The highest BCUT2D eigenvalue weighted by Crippen LogP contribution is 2.38. The maximum atomic E-state index is 15.0. The first-order valence-corrected chi connectivity index (χ1v) is 10.2. The Morgan fingerprint density at radius 1 is 1.25 bits per heavy atom. The molecule has 4 heteroatoms. The van der Waals surface area contributed by atoms with E-state index in [1.807, 2.05) is 37.3 Å². The second kappa shape index (κ2) is 9.22. The Labute approximate surface area is 166 Å². The Morgan fingerprint density at radius 2 is 1.96 bits per heavy atom. The van der Waals surface area contributed by atoms with Gasteiger partial charge in [-0.1, -0.05) is 57.0 Å². The highest BCUT2D eigenvalue weighted by molar-refractivity contribution is 5.79. The highest BCUT2D eigenvalue weighted by atomic mass is 19.1. The van der Waals surface area contributed by atoms with Crippen molar-refractivity contribution in [2.75, 3.05) is 6.61 Å². The monoisotopic (exact) mass is 384 g/mol. The maximum absolute atomic E-state index is 15.0. The minimum absolute atomic E-state index is 0.219. The number of rotatable bonds is 10. The Hall–Kier alpha value is -2.36. The van der Waals surface area contributed by atoms with Crippen LogP contribution in [0.3, 0.4) is 0 Å². The molecule has 0 saturated heterocycles. The van der Waals surface area contributed by atoms with E-state index < -0.39 is 17.7 Å². The lowest BCUT2D eigenvalue weighted by molar-refractivity contribution is -0.139. The van der Waals surface area contributed by atoms with E-state index in [0.29, 0.717) is 24.7 Å². The molecule has 1 fully saturated rings. The molecule has 0 spiro atoms. The lowest BCUT2D eigenvalue weighted by Crippen LogP contribution is -2.17. The van der Waals surface area contributed by atoms with Crippen LogP contribution < -0.4 is 4.74 Å². The largest absolute Gasteiger partial charge is 0.493 e. The molecule has 2 unspecified atom stereocenters. The van der Waals surface area contributed by atoms with Gasteiger partial charge in [0.05, 0.1) is 12.5 Å². The zero-order chi connectivity index (χ0) is 20.1. The number of halogens is 1. The van der Waals surface area contributed by atoms with E-state index in [4.69, 9.17) is 4.74 Å². The molecule has 28 heavy (non-hydrogen) atoms. The van der Waals surface area contributed by atoms with Crippen molar-refractivity contribution in [2.24, 2.45) is 11.8 Å². The third-order valence-corrected chi connectivity index (χ3v) is 5.45. The molecule has 0 aliphatic heterocycles. The third kappa shape index (κ3) is 5.12. The highest BCUT2D eigenvalue weighted by Gasteiger charge is 2.28. The maximum Gasteiger partial charge on any atom is 0.311 e. The average Bonchev–Trinajstić information content (AvgIpc) is 3.50. The molecule has 3 nitrogen and oxygen atoms in total. The van der Waals surface area contributed by atoms with Gasteiger partial charge in [-0.05, 0) is 42.7 Å². The van der Waals surface area contributed by atoms with Gasteiger partial charge in [0.25, 0.3) is 0 Å². The standard InChI is InChI=1S/C24H29FO3/c1-3-7-16(2)12-21(24(26)27)20-13-19(18-8-5-4-6-9-18)23(14-22(20)25)28-15-17-10-11-17/h4-6,8-9,13-14,16-17,21H,3,7,10-12,15H2,1-2H3,(H,26,27). The van der Waals surface area contributed by atoms with Crippen molar-refractivity contribution in [1.82, 2.24) is 0 Å². The van der Waals surface area contributed by atoms with Crippen LogP contribution in [0.15, 0.2) is 42.5 Å². The van der Waals surface area contributed by atoms with Gasteiger partial charge in [0.1, 0.15) is 11.6 Å². The van der Waals surface area contributed by atoms with Crippen LogP contribution in [-0.4, -0.2) is 17.7 Å². The molecule has 0 heterocycles. The van der Waals surface area contributed by atoms with Crippen LogP contribution in [0.4, 0.5) is 4.39 Å².